The minimum absolute atomic E-state index is 0.150. The zero-order valence-electron chi connectivity index (χ0n) is 16.3. The summed E-state index contributed by atoms with van der Waals surface area (Å²) in [6.07, 6.45) is 4.46. The second-order valence-electron chi connectivity index (χ2n) is 7.95. The van der Waals surface area contributed by atoms with Gasteiger partial charge < -0.3 is 9.47 Å². The summed E-state index contributed by atoms with van der Waals surface area (Å²) in [4.78, 5) is 12.3. The number of hydrogen-bond donors (Lipinski definition) is 1. The fraction of sp³-hybridized carbons (Fsp3) is 0.591. The number of fused-ring (bicyclic) bond motifs is 2. The van der Waals surface area contributed by atoms with Gasteiger partial charge in [0.05, 0.1) is 12.7 Å². The number of amides is 1. The van der Waals surface area contributed by atoms with Crippen molar-refractivity contribution < 1.29 is 14.3 Å². The van der Waals surface area contributed by atoms with Crippen LogP contribution in [0, 0.1) is 23.2 Å². The molecule has 0 spiro atoms. The molecule has 1 aliphatic carbocycles. The van der Waals surface area contributed by atoms with Gasteiger partial charge in [-0.1, -0.05) is 57.0 Å². The zero-order chi connectivity index (χ0) is 18.7. The Balaban J connectivity index is 1.71. The van der Waals surface area contributed by atoms with Crippen molar-refractivity contribution in [2.45, 2.75) is 46.6 Å². The van der Waals surface area contributed by atoms with Gasteiger partial charge in [-0.05, 0) is 37.3 Å². The molecule has 3 rings (SSSR count). The number of carbonyl (C=O) groups is 1. The van der Waals surface area contributed by atoms with Gasteiger partial charge in [-0.15, -0.1) is 0 Å². The zero-order valence-corrected chi connectivity index (χ0v) is 16.3. The average Bonchev–Trinajstić information content (AvgIpc) is 2.61. The van der Waals surface area contributed by atoms with Crippen LogP contribution in [-0.2, 0) is 9.47 Å². The minimum atomic E-state index is -0.400. The number of anilines is 1. The van der Waals surface area contributed by atoms with Crippen molar-refractivity contribution in [3.8, 4) is 0 Å². The molecule has 0 aromatic heterocycles. The topological polar surface area (TPSA) is 47.6 Å². The number of nitrogens with one attached hydrogen (secondary N) is 1. The van der Waals surface area contributed by atoms with Gasteiger partial charge in [-0.25, -0.2) is 4.79 Å². The van der Waals surface area contributed by atoms with Crippen LogP contribution in [0.15, 0.2) is 42.0 Å². The number of allylic oxidation sites excluding steroid dienone is 1. The number of benzene rings is 1. The van der Waals surface area contributed by atoms with Crippen LogP contribution in [0.5, 0.6) is 0 Å². The maximum atomic E-state index is 12.3. The summed E-state index contributed by atoms with van der Waals surface area (Å²) in [5, 5.41) is 2.80. The Labute approximate surface area is 157 Å². The maximum absolute atomic E-state index is 12.3. The monoisotopic (exact) mass is 357 g/mol. The molecular weight excluding hydrogens is 326 g/mol. The fourth-order valence-electron chi connectivity index (χ4n) is 4.81. The molecule has 2 aliphatic rings. The highest BCUT2D eigenvalue weighted by Crippen LogP contribution is 2.53. The standard InChI is InChI=1S/C22H31NO3/c1-5-9-19-20-15(2)12-16(3)22(13-25-19,17(20)4)14-26-21(24)23-18-10-7-6-8-11-18/h6-8,10-12,16-17,19-20H,5,9,13-14H2,1-4H3,(H,23,24)/t16-,17-,19+,20-,22-/m1/s1. The molecule has 4 heteroatoms. The van der Waals surface area contributed by atoms with Gasteiger partial charge in [-0.2, -0.15) is 0 Å². The molecule has 0 radical (unpaired) electrons. The van der Waals surface area contributed by atoms with E-state index in [0.717, 1.165) is 18.5 Å². The van der Waals surface area contributed by atoms with Crippen LogP contribution in [-0.4, -0.2) is 25.4 Å². The maximum Gasteiger partial charge on any atom is 0.411 e. The van der Waals surface area contributed by atoms with Gasteiger partial charge >= 0.3 is 6.09 Å². The summed E-state index contributed by atoms with van der Waals surface area (Å²) in [6.45, 7) is 9.99. The Morgan fingerprint density at radius 3 is 2.73 bits per heavy atom. The Hall–Kier alpha value is -1.81. The van der Waals surface area contributed by atoms with Gasteiger partial charge in [0, 0.05) is 17.0 Å². The molecule has 1 aromatic rings. The van der Waals surface area contributed by atoms with Crippen LogP contribution in [0.3, 0.4) is 0 Å². The van der Waals surface area contributed by atoms with E-state index in [1.54, 1.807) is 0 Å². The number of para-hydroxylation sites is 1. The summed E-state index contributed by atoms with van der Waals surface area (Å²) >= 11 is 0. The van der Waals surface area contributed by atoms with Crippen molar-refractivity contribution in [3.05, 3.63) is 42.0 Å². The predicted octanol–water partition coefficient (Wildman–Crippen LogP) is 5.27. The van der Waals surface area contributed by atoms with E-state index in [2.05, 4.69) is 39.1 Å². The molecular formula is C22H31NO3. The Bertz CT molecular complexity index is 657. The molecule has 0 saturated carbocycles. The van der Waals surface area contributed by atoms with Crippen LogP contribution >= 0.6 is 0 Å². The van der Waals surface area contributed by atoms with Crippen molar-refractivity contribution in [2.24, 2.45) is 23.2 Å². The van der Waals surface area contributed by atoms with Crippen molar-refractivity contribution in [1.29, 1.82) is 0 Å². The van der Waals surface area contributed by atoms with E-state index in [-0.39, 0.29) is 11.5 Å². The van der Waals surface area contributed by atoms with Gasteiger partial charge in [0.25, 0.3) is 0 Å². The predicted molar refractivity (Wildman–Crippen MR) is 104 cm³/mol. The third kappa shape index (κ3) is 3.52. The SMILES string of the molecule is CCC[C@@H]1OC[C@@]2(COC(=O)Nc3ccccc3)[C@H](C)C=C(C)[C@@H]1[C@H]2C. The third-order valence-corrected chi connectivity index (χ3v) is 6.42. The van der Waals surface area contributed by atoms with Gasteiger partial charge in [-0.3, -0.25) is 5.32 Å². The van der Waals surface area contributed by atoms with Gasteiger partial charge in [0.2, 0.25) is 0 Å². The Kier molecular flexibility index (Phi) is 5.71. The summed E-state index contributed by atoms with van der Waals surface area (Å²) in [6, 6.07) is 9.40. The molecule has 1 aromatic carbocycles. The van der Waals surface area contributed by atoms with E-state index in [1.807, 2.05) is 30.3 Å². The molecule has 1 N–H and O–H groups in total. The number of hydrogen-bond acceptors (Lipinski definition) is 3. The lowest BCUT2D eigenvalue weighted by Crippen LogP contribution is -2.56. The van der Waals surface area contributed by atoms with Gasteiger partial charge in [0.1, 0.15) is 6.61 Å². The Morgan fingerprint density at radius 2 is 2.04 bits per heavy atom. The summed E-state index contributed by atoms with van der Waals surface area (Å²) < 4.78 is 12.0. The largest absolute Gasteiger partial charge is 0.449 e. The minimum Gasteiger partial charge on any atom is -0.449 e. The summed E-state index contributed by atoms with van der Waals surface area (Å²) in [5.41, 5.74) is 2.02. The molecule has 26 heavy (non-hydrogen) atoms. The van der Waals surface area contributed by atoms with E-state index in [0.29, 0.717) is 31.0 Å². The number of ether oxygens (including phenoxy) is 2. The van der Waals surface area contributed by atoms with Crippen LogP contribution in [0.1, 0.15) is 40.5 Å². The summed E-state index contributed by atoms with van der Waals surface area (Å²) in [5.74, 6) is 1.17. The lowest BCUT2D eigenvalue weighted by atomic mass is 9.56. The number of carbonyl (C=O) groups excluding carboxylic acids is 1. The molecule has 1 fully saturated rings. The lowest BCUT2D eigenvalue weighted by molar-refractivity contribution is -0.164. The van der Waals surface area contributed by atoms with Crippen molar-refractivity contribution in [3.63, 3.8) is 0 Å². The molecule has 1 heterocycles. The van der Waals surface area contributed by atoms with Gasteiger partial charge in [0.15, 0.2) is 0 Å². The molecule has 5 atom stereocenters. The first-order valence-electron chi connectivity index (χ1n) is 9.76. The second kappa shape index (κ2) is 7.83. The Morgan fingerprint density at radius 1 is 1.31 bits per heavy atom. The van der Waals surface area contributed by atoms with Crippen molar-refractivity contribution >= 4 is 11.8 Å². The lowest BCUT2D eigenvalue weighted by Gasteiger charge is -2.55. The van der Waals surface area contributed by atoms with Crippen LogP contribution in [0.2, 0.25) is 0 Å². The van der Waals surface area contributed by atoms with Crippen LogP contribution in [0.4, 0.5) is 10.5 Å². The first kappa shape index (κ1) is 19.0. The van der Waals surface area contributed by atoms with E-state index < -0.39 is 6.09 Å². The van der Waals surface area contributed by atoms with Crippen LogP contribution < -0.4 is 5.32 Å². The molecule has 2 bridgehead atoms. The van der Waals surface area contributed by atoms with Crippen molar-refractivity contribution in [2.75, 3.05) is 18.5 Å². The molecule has 0 unspecified atom stereocenters. The first-order chi connectivity index (χ1) is 12.5. The smallest absolute Gasteiger partial charge is 0.411 e. The molecule has 1 aliphatic heterocycles. The molecule has 142 valence electrons. The highest BCUT2D eigenvalue weighted by Gasteiger charge is 2.53. The number of rotatable bonds is 5. The molecule has 1 saturated heterocycles. The highest BCUT2D eigenvalue weighted by atomic mass is 16.6. The fourth-order valence-corrected chi connectivity index (χ4v) is 4.81. The van der Waals surface area contributed by atoms with E-state index >= 15 is 0 Å². The van der Waals surface area contributed by atoms with Crippen LogP contribution in [0.25, 0.3) is 0 Å². The highest BCUT2D eigenvalue weighted by molar-refractivity contribution is 5.84. The molecule has 1 amide bonds. The van der Waals surface area contributed by atoms with E-state index in [1.165, 1.54) is 5.57 Å². The van der Waals surface area contributed by atoms with E-state index in [9.17, 15) is 4.79 Å². The van der Waals surface area contributed by atoms with E-state index in [4.69, 9.17) is 9.47 Å². The van der Waals surface area contributed by atoms with Crippen molar-refractivity contribution in [1.82, 2.24) is 0 Å². The second-order valence-corrected chi connectivity index (χ2v) is 7.95. The average molecular weight is 357 g/mol. The quantitative estimate of drug-likeness (QED) is 0.730. The normalized spacial score (nSPS) is 33.3. The first-order valence-corrected chi connectivity index (χ1v) is 9.76. The summed E-state index contributed by atoms with van der Waals surface area (Å²) in [7, 11) is 0. The molecule has 4 nitrogen and oxygen atoms in total. The third-order valence-electron chi connectivity index (χ3n) is 6.42.